The Morgan fingerprint density at radius 1 is 1.53 bits per heavy atom. The van der Waals surface area contributed by atoms with Gasteiger partial charge < -0.3 is 20.1 Å². The number of amides is 1. The maximum absolute atomic E-state index is 11.5. The second-order valence-corrected chi connectivity index (χ2v) is 4.57. The maximum atomic E-state index is 11.5. The third kappa shape index (κ3) is 7.16. The Morgan fingerprint density at radius 2 is 2.07 bits per heavy atom. The van der Waals surface area contributed by atoms with Crippen LogP contribution in [-0.4, -0.2) is 55.0 Å². The molecule has 15 heavy (non-hydrogen) atoms. The molecule has 0 aliphatic carbocycles. The summed E-state index contributed by atoms with van der Waals surface area (Å²) >= 11 is 0. The van der Waals surface area contributed by atoms with Crippen molar-refractivity contribution in [3.05, 3.63) is 0 Å². The molecule has 0 aromatic rings. The van der Waals surface area contributed by atoms with Gasteiger partial charge in [0.05, 0.1) is 12.6 Å². The van der Waals surface area contributed by atoms with E-state index in [9.17, 15) is 9.90 Å². The van der Waals surface area contributed by atoms with Crippen LogP contribution in [0.3, 0.4) is 0 Å². The minimum Gasteiger partial charge on any atom is -0.444 e. The molecular weight excluding hydrogens is 196 g/mol. The molecule has 90 valence electrons. The molecule has 0 aliphatic heterocycles. The van der Waals surface area contributed by atoms with E-state index < -0.39 is 17.8 Å². The molecule has 0 rings (SSSR count). The van der Waals surface area contributed by atoms with E-state index in [2.05, 4.69) is 5.32 Å². The van der Waals surface area contributed by atoms with E-state index in [4.69, 9.17) is 4.74 Å². The molecule has 0 saturated heterocycles. The van der Waals surface area contributed by atoms with Gasteiger partial charge in [-0.25, -0.2) is 4.79 Å². The number of carbonyl (C=O) groups excluding carboxylic acids is 1. The van der Waals surface area contributed by atoms with Crippen molar-refractivity contribution < 1.29 is 14.6 Å². The summed E-state index contributed by atoms with van der Waals surface area (Å²) in [7, 11) is 3.35. The van der Waals surface area contributed by atoms with Gasteiger partial charge in [-0.2, -0.15) is 0 Å². The lowest BCUT2D eigenvalue weighted by molar-refractivity contribution is 0.0209. The van der Waals surface area contributed by atoms with Crippen molar-refractivity contribution >= 4 is 6.09 Å². The average molecular weight is 218 g/mol. The minimum atomic E-state index is -0.576. The fourth-order valence-electron chi connectivity index (χ4n) is 1.03. The van der Waals surface area contributed by atoms with Crippen LogP contribution < -0.4 is 5.32 Å². The molecule has 0 aromatic heterocycles. The van der Waals surface area contributed by atoms with E-state index in [1.807, 2.05) is 20.8 Å². The van der Waals surface area contributed by atoms with Crippen molar-refractivity contribution in [3.63, 3.8) is 0 Å². The monoisotopic (exact) mass is 218 g/mol. The summed E-state index contributed by atoms with van der Waals surface area (Å²) in [5.41, 5.74) is -0.501. The number of likely N-dealkylation sites (N-methyl/N-ethyl adjacent to an activating group) is 2. The Kier molecular flexibility index (Phi) is 5.60. The number of hydrogen-bond acceptors (Lipinski definition) is 4. The van der Waals surface area contributed by atoms with Gasteiger partial charge in [-0.1, -0.05) is 0 Å². The normalized spacial score (nSPS) is 13.5. The molecule has 0 bridgehead atoms. The van der Waals surface area contributed by atoms with Gasteiger partial charge >= 0.3 is 6.09 Å². The van der Waals surface area contributed by atoms with Crippen molar-refractivity contribution in [2.24, 2.45) is 0 Å². The van der Waals surface area contributed by atoms with Gasteiger partial charge in [0.2, 0.25) is 0 Å². The van der Waals surface area contributed by atoms with E-state index >= 15 is 0 Å². The van der Waals surface area contributed by atoms with Crippen molar-refractivity contribution in [3.8, 4) is 0 Å². The first kappa shape index (κ1) is 14.2. The van der Waals surface area contributed by atoms with Crippen LogP contribution >= 0.6 is 0 Å². The first-order chi connectivity index (χ1) is 6.76. The molecule has 0 unspecified atom stereocenters. The van der Waals surface area contributed by atoms with Crippen molar-refractivity contribution in [1.82, 2.24) is 10.2 Å². The van der Waals surface area contributed by atoms with Gasteiger partial charge in [0.15, 0.2) is 0 Å². The predicted octanol–water partition coefficient (Wildman–Crippen LogP) is 0.434. The summed E-state index contributed by atoms with van der Waals surface area (Å²) in [6, 6.07) is 0. The Morgan fingerprint density at radius 3 is 2.47 bits per heavy atom. The van der Waals surface area contributed by atoms with E-state index in [1.54, 1.807) is 14.1 Å². The van der Waals surface area contributed by atoms with E-state index in [1.165, 1.54) is 4.90 Å². The number of aliphatic hydroxyl groups is 1. The van der Waals surface area contributed by atoms with E-state index in [0.29, 0.717) is 6.54 Å². The Bertz CT molecular complexity index is 201. The fourth-order valence-corrected chi connectivity index (χ4v) is 1.03. The third-order valence-electron chi connectivity index (χ3n) is 1.63. The number of nitrogens with zero attached hydrogens (tertiary/aromatic N) is 1. The van der Waals surface area contributed by atoms with Gasteiger partial charge in [0, 0.05) is 13.6 Å². The molecular formula is C10H22N2O3. The van der Waals surface area contributed by atoms with Crippen molar-refractivity contribution in [2.75, 3.05) is 27.2 Å². The smallest absolute Gasteiger partial charge is 0.410 e. The Hall–Kier alpha value is -0.810. The molecule has 1 atom stereocenters. The second kappa shape index (κ2) is 5.92. The second-order valence-electron chi connectivity index (χ2n) is 4.57. The highest BCUT2D eigenvalue weighted by molar-refractivity contribution is 5.67. The van der Waals surface area contributed by atoms with Crippen LogP contribution in [0, 0.1) is 0 Å². The Balaban J connectivity index is 3.99. The topological polar surface area (TPSA) is 61.8 Å². The summed E-state index contributed by atoms with van der Waals surface area (Å²) < 4.78 is 5.13. The fraction of sp³-hybridized carbons (Fsp3) is 0.900. The van der Waals surface area contributed by atoms with Crippen LogP contribution in [0.4, 0.5) is 4.79 Å². The van der Waals surface area contributed by atoms with E-state index in [-0.39, 0.29) is 6.54 Å². The number of aliphatic hydroxyl groups excluding tert-OH is 1. The number of ether oxygens (including phenoxy) is 1. The number of hydrogen-bond donors (Lipinski definition) is 2. The molecule has 0 aliphatic rings. The summed E-state index contributed by atoms with van der Waals surface area (Å²) in [6.45, 7) is 6.14. The zero-order valence-electron chi connectivity index (χ0n) is 10.2. The molecule has 1 amide bonds. The molecule has 2 N–H and O–H groups in total. The number of carbonyl (C=O) groups is 1. The van der Waals surface area contributed by atoms with Crippen LogP contribution in [0.2, 0.25) is 0 Å². The molecule has 0 saturated carbocycles. The van der Waals surface area contributed by atoms with Crippen LogP contribution in [0.1, 0.15) is 20.8 Å². The lowest BCUT2D eigenvalue weighted by Gasteiger charge is -2.26. The first-order valence-corrected chi connectivity index (χ1v) is 5.03. The van der Waals surface area contributed by atoms with Crippen LogP contribution in [0.5, 0.6) is 0 Å². The molecule has 0 spiro atoms. The van der Waals surface area contributed by atoms with Gasteiger partial charge in [-0.15, -0.1) is 0 Å². The standard InChI is InChI=1S/C10H22N2O3/c1-10(2,3)15-9(14)12(5)7-8(13)6-11-4/h8,11,13H,6-7H2,1-5H3/t8-/m1/s1. The predicted molar refractivity (Wildman–Crippen MR) is 58.8 cm³/mol. The summed E-state index contributed by atoms with van der Waals surface area (Å²) in [4.78, 5) is 12.8. The van der Waals surface area contributed by atoms with E-state index in [0.717, 1.165) is 0 Å². The van der Waals surface area contributed by atoms with Crippen LogP contribution in [0.25, 0.3) is 0 Å². The van der Waals surface area contributed by atoms with Gasteiger partial charge in [-0.05, 0) is 27.8 Å². The lowest BCUT2D eigenvalue weighted by Crippen LogP contribution is -2.41. The quantitative estimate of drug-likeness (QED) is 0.718. The molecule has 5 heteroatoms. The van der Waals surface area contributed by atoms with Crippen LogP contribution in [-0.2, 0) is 4.74 Å². The molecule has 0 heterocycles. The Labute approximate surface area is 91.4 Å². The van der Waals surface area contributed by atoms with Gasteiger partial charge in [-0.3, -0.25) is 0 Å². The highest BCUT2D eigenvalue weighted by Gasteiger charge is 2.20. The summed E-state index contributed by atoms with van der Waals surface area (Å²) in [5.74, 6) is 0. The molecule has 0 aromatic carbocycles. The first-order valence-electron chi connectivity index (χ1n) is 5.03. The maximum Gasteiger partial charge on any atom is 0.410 e. The van der Waals surface area contributed by atoms with Crippen molar-refractivity contribution in [2.45, 2.75) is 32.5 Å². The molecule has 5 nitrogen and oxygen atoms in total. The zero-order valence-corrected chi connectivity index (χ0v) is 10.2. The molecule has 0 fully saturated rings. The molecule has 0 radical (unpaired) electrons. The number of rotatable bonds is 4. The van der Waals surface area contributed by atoms with Crippen molar-refractivity contribution in [1.29, 1.82) is 0 Å². The largest absolute Gasteiger partial charge is 0.444 e. The van der Waals surface area contributed by atoms with Gasteiger partial charge in [0.25, 0.3) is 0 Å². The summed E-state index contributed by atoms with van der Waals surface area (Å²) in [5, 5.41) is 12.3. The third-order valence-corrected chi connectivity index (χ3v) is 1.63. The highest BCUT2D eigenvalue weighted by Crippen LogP contribution is 2.09. The van der Waals surface area contributed by atoms with Crippen LogP contribution in [0.15, 0.2) is 0 Å². The number of nitrogens with one attached hydrogen (secondary N) is 1. The highest BCUT2D eigenvalue weighted by atomic mass is 16.6. The van der Waals surface area contributed by atoms with Gasteiger partial charge in [0.1, 0.15) is 5.60 Å². The zero-order chi connectivity index (χ0) is 12.1. The summed E-state index contributed by atoms with van der Waals surface area (Å²) in [6.07, 6.45) is -0.995. The SMILES string of the molecule is CNC[C@@H](O)CN(C)C(=O)OC(C)(C)C. The minimum absolute atomic E-state index is 0.260. The lowest BCUT2D eigenvalue weighted by atomic mass is 10.2. The average Bonchev–Trinajstić information content (AvgIpc) is 2.00.